The molecule has 0 radical (unpaired) electrons. The van der Waals surface area contributed by atoms with Crippen molar-refractivity contribution in [2.45, 2.75) is 170 Å². The smallest absolute Gasteiger partial charge is 0.329 e. The third-order valence-electron chi connectivity index (χ3n) is 21.1. The summed E-state index contributed by atoms with van der Waals surface area (Å²) < 4.78 is 5.75. The molecule has 3 heterocycles. The number of fused-ring (bicyclic) bond motifs is 2. The SMILES string of the molecule is CC1NC(=O)C(CC(=O)O)NC(=O)C(CCCNC(=O)C(N)Cc2c[nH]c3ccccc23)NC(=O)CNC(=O)C(NC(=O)C(CC(=O)O)NC(=O)C(CC(N)=O)NC(=O)C(Cc2c[nH]c3ccccc23)NC(=O)Cc2ccc(-c3ccc(Cl)cc3)cc2)C(C)OC(=O)C(CC(=O)c2ccccc2N)NC(=O)C(C(C)CC(=O)O)NC(=O)C(CO)NC(=O)CNC(=O)C(CC(=O)O)NC1=O. The number of H-pyrrole nitrogens is 2. The molecule has 27 N–H and O–H groups in total. The molecule has 1 aliphatic rings. The molecule has 47 heteroatoms. The molecule has 14 atom stereocenters. The van der Waals surface area contributed by atoms with Gasteiger partial charge in [-0.1, -0.05) is 103 Å². The Labute approximate surface area is 766 Å². The summed E-state index contributed by atoms with van der Waals surface area (Å²) in [7, 11) is 0. The number of Topliss-reactive ketones (excluding diaryl/α,β-unsaturated/α-hetero) is 1. The fourth-order valence-corrected chi connectivity index (χ4v) is 14.2. The largest absolute Gasteiger partial charge is 0.481 e. The molecular weight excluding hydrogens is 1780 g/mol. The summed E-state index contributed by atoms with van der Waals surface area (Å²) in [5, 5.41) is 83.3. The van der Waals surface area contributed by atoms with Crippen molar-refractivity contribution in [1.29, 1.82) is 0 Å². The number of aromatic nitrogens is 2. The lowest BCUT2D eigenvalue weighted by Gasteiger charge is -2.30. The summed E-state index contributed by atoms with van der Waals surface area (Å²) in [4.78, 5) is 298. The number of nitrogens with two attached hydrogens (primary N) is 3. The molecule has 15 amide bonds. The molecule has 134 heavy (non-hydrogen) atoms. The Hall–Kier alpha value is -15.7. The predicted octanol–water partition coefficient (Wildman–Crippen LogP) is -3.99. The number of aromatic amines is 2. The zero-order valence-electron chi connectivity index (χ0n) is 72.2. The van der Waals surface area contributed by atoms with Gasteiger partial charge >= 0.3 is 29.8 Å². The Bertz CT molecular complexity index is 5570. The number of primary amides is 1. The number of carbonyl (C=O) groups excluding carboxylic acids is 17. The zero-order valence-corrected chi connectivity index (χ0v) is 73.0. The van der Waals surface area contributed by atoms with Crippen molar-refractivity contribution in [3.8, 4) is 11.1 Å². The highest BCUT2D eigenvalue weighted by Gasteiger charge is 2.42. The number of rotatable bonds is 34. The number of carboxylic acid groups (broad SMARTS) is 4. The standard InChI is InChI=1S/C87H102ClN19O27/c1-41(27-70(114)115)74-86(132)105-63(31-65(109)52-13-4-7-14-53(52)89)87(133)134-43(3)75(107-83(129)62(35-73(120)121)104-82(128)59(32-66(91)110)102-81(127)58(30-48-37-94-56-16-9-6-12-51(48)56)99-67(111)28-44-18-20-45(21-19-44)46-22-24-49(88)25-23-46)85(131)96-39-68(112)98-57(17-10-26-92-77(123)54(90)29-47-36-93-55-15-8-5-11-50(47)55)79(125)103-61(34-72(118)119)80(126)97-42(2)76(122)101-60(33-71(116)117)78(124)95-38-69(113)100-64(40-108)84(130)106-74/h4-9,11-16,18-25,36-37,41-43,54,57-64,74-75,93-94,108H,10,17,26-35,38-40,89-90H2,1-3H3,(H2,91,110)(H,92,123)(H,95,124)(H,96,131)(H,97,126)(H,98,112)(H,99,111)(H,100,113)(H,101,122)(H,102,127)(H,103,125)(H,104,128)(H,105,132)(H,106,130)(H,107,129)(H,114,115)(H,116,117)(H,118,119)(H,120,121). The molecule has 14 unspecified atom stereocenters. The van der Waals surface area contributed by atoms with Crippen molar-refractivity contribution in [3.63, 3.8) is 0 Å². The summed E-state index contributed by atoms with van der Waals surface area (Å²) in [6.45, 7) is -1.29. The number of carboxylic acids is 4. The number of ether oxygens (including phenoxy) is 1. The fourth-order valence-electron chi connectivity index (χ4n) is 14.1. The Morgan fingerprint density at radius 1 is 0.507 bits per heavy atom. The first-order chi connectivity index (χ1) is 63.5. The Balaban J connectivity index is 1.15. The minimum Gasteiger partial charge on any atom is -0.481 e. The number of para-hydroxylation sites is 3. The number of amides is 15. The van der Waals surface area contributed by atoms with Gasteiger partial charge in [-0.15, -0.1) is 0 Å². The second-order valence-corrected chi connectivity index (χ2v) is 31.9. The van der Waals surface area contributed by atoms with Gasteiger partial charge in [0, 0.05) is 69.9 Å². The number of nitrogen functional groups attached to an aromatic ring is 1. The Kier molecular flexibility index (Phi) is 38.1. The van der Waals surface area contributed by atoms with Crippen LogP contribution in [0, 0.1) is 5.92 Å². The van der Waals surface area contributed by atoms with Crippen molar-refractivity contribution < 1.29 is 131 Å². The molecule has 0 saturated carbocycles. The van der Waals surface area contributed by atoms with E-state index in [1.807, 2.05) is 16.0 Å². The number of aliphatic hydroxyl groups excluding tert-OH is 1. The summed E-state index contributed by atoms with van der Waals surface area (Å²) in [5.74, 6) is -31.5. The van der Waals surface area contributed by atoms with Crippen molar-refractivity contribution in [2.75, 3.05) is 32.0 Å². The first-order valence-electron chi connectivity index (χ1n) is 41.7. The van der Waals surface area contributed by atoms with Crippen molar-refractivity contribution in [2.24, 2.45) is 17.4 Å². The maximum Gasteiger partial charge on any atom is 0.329 e. The second kappa shape index (κ2) is 49.3. The van der Waals surface area contributed by atoms with Crippen LogP contribution < -0.4 is 91.6 Å². The van der Waals surface area contributed by atoms with Crippen LogP contribution in [-0.4, -0.2) is 265 Å². The molecule has 0 bridgehead atoms. The number of esters is 1. The molecule has 8 rings (SSSR count). The number of hydrogen-bond acceptors (Lipinski definition) is 25. The van der Waals surface area contributed by atoms with Gasteiger partial charge in [0.15, 0.2) is 5.78 Å². The number of cyclic esters (lactones) is 1. The average Bonchev–Trinajstić information content (AvgIpc) is 1.66. The van der Waals surface area contributed by atoms with E-state index in [2.05, 4.69) is 68.5 Å². The van der Waals surface area contributed by atoms with Crippen LogP contribution in [0.3, 0.4) is 0 Å². The summed E-state index contributed by atoms with van der Waals surface area (Å²) in [6, 6.07) is 8.14. The number of aliphatic hydroxyl groups is 1. The number of halogens is 1. The predicted molar refractivity (Wildman–Crippen MR) is 472 cm³/mol. The number of benzene rings is 5. The van der Waals surface area contributed by atoms with Crippen molar-refractivity contribution in [1.82, 2.24) is 84.4 Å². The minimum atomic E-state index is -2.53. The highest BCUT2D eigenvalue weighted by molar-refractivity contribution is 6.30. The van der Waals surface area contributed by atoms with E-state index in [4.69, 9.17) is 33.5 Å². The number of aliphatic carboxylic acids is 4. The van der Waals surface area contributed by atoms with E-state index >= 15 is 14.4 Å². The van der Waals surface area contributed by atoms with Crippen LogP contribution >= 0.6 is 11.6 Å². The van der Waals surface area contributed by atoms with Crippen LogP contribution in [0.15, 0.2) is 134 Å². The lowest BCUT2D eigenvalue weighted by atomic mass is 9.96. The van der Waals surface area contributed by atoms with Gasteiger partial charge in [-0.05, 0) is 103 Å². The number of ketones is 1. The van der Waals surface area contributed by atoms with Gasteiger partial charge in [-0.25, -0.2) is 4.79 Å². The molecule has 2 aromatic heterocycles. The maximum atomic E-state index is 15.1. The molecular formula is C87H102ClN19O27. The van der Waals surface area contributed by atoms with Gasteiger partial charge in [-0.2, -0.15) is 0 Å². The van der Waals surface area contributed by atoms with Gasteiger partial charge in [-0.3, -0.25) is 95.9 Å². The molecule has 46 nitrogen and oxygen atoms in total. The average molecular weight is 1880 g/mol. The van der Waals surface area contributed by atoms with Crippen LogP contribution in [0.4, 0.5) is 5.69 Å². The van der Waals surface area contributed by atoms with Crippen LogP contribution in [-0.2, 0) is 120 Å². The maximum absolute atomic E-state index is 15.1. The van der Waals surface area contributed by atoms with Gasteiger partial charge in [0.2, 0.25) is 88.6 Å². The number of hydrogen-bond donors (Lipinski definition) is 24. The normalized spacial score (nSPS) is 20.0. The molecule has 1 fully saturated rings. The van der Waals surface area contributed by atoms with E-state index in [9.17, 15) is 112 Å². The zero-order chi connectivity index (χ0) is 98.3. The Morgan fingerprint density at radius 3 is 1.59 bits per heavy atom. The van der Waals surface area contributed by atoms with E-state index in [0.29, 0.717) is 32.6 Å². The van der Waals surface area contributed by atoms with Gasteiger partial charge in [0.05, 0.1) is 64.3 Å². The molecule has 0 aliphatic carbocycles. The number of carbonyl (C=O) groups is 21. The number of anilines is 1. The highest BCUT2D eigenvalue weighted by Crippen LogP contribution is 2.25. The van der Waals surface area contributed by atoms with Crippen LogP contribution in [0.2, 0.25) is 5.02 Å². The monoisotopic (exact) mass is 1880 g/mol. The van der Waals surface area contributed by atoms with E-state index in [0.717, 1.165) is 42.8 Å². The van der Waals surface area contributed by atoms with Crippen LogP contribution in [0.5, 0.6) is 0 Å². The topological polar surface area (TPSA) is 747 Å². The molecule has 1 saturated heterocycles. The lowest BCUT2D eigenvalue weighted by Crippen LogP contribution is -2.62. The van der Waals surface area contributed by atoms with Crippen LogP contribution in [0.1, 0.15) is 99.2 Å². The van der Waals surface area contributed by atoms with Crippen LogP contribution in [0.25, 0.3) is 32.9 Å². The molecule has 5 aromatic carbocycles. The van der Waals surface area contributed by atoms with E-state index in [1.165, 1.54) is 24.3 Å². The Morgan fingerprint density at radius 2 is 1.01 bits per heavy atom. The minimum absolute atomic E-state index is 0.0153. The quantitative estimate of drug-likeness (QED) is 0.00791. The summed E-state index contributed by atoms with van der Waals surface area (Å²) >= 11 is 6.10. The lowest BCUT2D eigenvalue weighted by molar-refractivity contribution is -0.156. The van der Waals surface area contributed by atoms with E-state index < -0.39 is 273 Å². The third-order valence-corrected chi connectivity index (χ3v) is 21.3. The van der Waals surface area contributed by atoms with E-state index in [-0.39, 0.29) is 43.5 Å². The molecule has 1 aliphatic heterocycles. The van der Waals surface area contributed by atoms with Gasteiger partial charge in [0.1, 0.15) is 72.6 Å². The highest BCUT2D eigenvalue weighted by atomic mass is 35.5. The summed E-state index contributed by atoms with van der Waals surface area (Å²) in [5.41, 5.74) is 22.1. The number of nitrogens with one attached hydrogen (secondary N) is 16. The molecule has 7 aromatic rings. The van der Waals surface area contributed by atoms with E-state index in [1.54, 1.807) is 109 Å². The van der Waals surface area contributed by atoms with Crippen molar-refractivity contribution >= 4 is 163 Å². The van der Waals surface area contributed by atoms with Gasteiger partial charge in [0.25, 0.3) is 0 Å². The first kappa shape index (κ1) is 104. The summed E-state index contributed by atoms with van der Waals surface area (Å²) in [6.07, 6.45) is -7.77. The van der Waals surface area contributed by atoms with Crippen molar-refractivity contribution in [3.05, 3.63) is 161 Å². The first-order valence-corrected chi connectivity index (χ1v) is 42.1. The van der Waals surface area contributed by atoms with Gasteiger partial charge < -0.3 is 132 Å². The molecule has 0 spiro atoms. The fraction of sp³-hybridized carbons (Fsp3) is 0.368. The molecule has 714 valence electrons. The second-order valence-electron chi connectivity index (χ2n) is 31.4. The third kappa shape index (κ3) is 31.3.